The molecule has 1 aromatic rings. The quantitative estimate of drug-likeness (QED) is 0.796. The van der Waals surface area contributed by atoms with Gasteiger partial charge in [-0.25, -0.2) is 0 Å². The van der Waals surface area contributed by atoms with Crippen LogP contribution in [0.4, 0.5) is 0 Å². The molecule has 1 aliphatic carbocycles. The van der Waals surface area contributed by atoms with Gasteiger partial charge < -0.3 is 14.9 Å². The van der Waals surface area contributed by atoms with E-state index in [1.54, 1.807) is 16.7 Å². The molecule has 6 nitrogen and oxygen atoms in total. The molecule has 0 bridgehead atoms. The number of amides is 2. The minimum absolute atomic E-state index is 0.0165. The van der Waals surface area contributed by atoms with Gasteiger partial charge in [-0.15, -0.1) is 0 Å². The van der Waals surface area contributed by atoms with Crippen molar-refractivity contribution >= 4 is 17.8 Å². The summed E-state index contributed by atoms with van der Waals surface area (Å²) in [6.45, 7) is 3.02. The van der Waals surface area contributed by atoms with Gasteiger partial charge in [0.25, 0.3) is 0 Å². The fourth-order valence-corrected chi connectivity index (χ4v) is 3.70. The number of carboxylic acids is 1. The van der Waals surface area contributed by atoms with Crippen LogP contribution in [0.25, 0.3) is 0 Å². The zero-order valence-electron chi connectivity index (χ0n) is 15.8. The van der Waals surface area contributed by atoms with Gasteiger partial charge in [0, 0.05) is 25.7 Å². The number of piperidine rings is 1. The third kappa shape index (κ3) is 5.08. The molecule has 2 unspecified atom stereocenters. The maximum absolute atomic E-state index is 13.1. The van der Waals surface area contributed by atoms with Crippen molar-refractivity contribution in [2.24, 2.45) is 11.8 Å². The molecule has 1 aliphatic heterocycles. The van der Waals surface area contributed by atoms with Gasteiger partial charge in [0.2, 0.25) is 11.8 Å². The monoisotopic (exact) mass is 372 g/mol. The second-order valence-electron chi connectivity index (χ2n) is 7.80. The van der Waals surface area contributed by atoms with Gasteiger partial charge in [-0.05, 0) is 31.2 Å². The van der Waals surface area contributed by atoms with Crippen LogP contribution in [0, 0.1) is 11.8 Å². The van der Waals surface area contributed by atoms with Gasteiger partial charge in [-0.1, -0.05) is 37.3 Å². The van der Waals surface area contributed by atoms with Crippen LogP contribution >= 0.6 is 0 Å². The molecule has 1 aromatic carbocycles. The Morgan fingerprint density at radius 3 is 2.52 bits per heavy atom. The Kier molecular flexibility index (Phi) is 6.14. The van der Waals surface area contributed by atoms with Crippen LogP contribution in [0.1, 0.15) is 38.2 Å². The lowest BCUT2D eigenvalue weighted by molar-refractivity contribution is -0.145. The average molecular weight is 372 g/mol. The second-order valence-corrected chi connectivity index (χ2v) is 7.80. The van der Waals surface area contributed by atoms with E-state index in [4.69, 9.17) is 0 Å². The van der Waals surface area contributed by atoms with Crippen LogP contribution in [-0.2, 0) is 20.8 Å². The highest BCUT2D eigenvalue weighted by molar-refractivity contribution is 5.83. The van der Waals surface area contributed by atoms with Crippen molar-refractivity contribution < 1.29 is 19.5 Å². The number of rotatable bonds is 7. The summed E-state index contributed by atoms with van der Waals surface area (Å²) < 4.78 is 0. The zero-order chi connectivity index (χ0) is 19.4. The summed E-state index contributed by atoms with van der Waals surface area (Å²) in [5.74, 6) is -1.61. The molecule has 2 aliphatic rings. The van der Waals surface area contributed by atoms with Crippen molar-refractivity contribution in [3.8, 4) is 0 Å². The van der Waals surface area contributed by atoms with Crippen LogP contribution < -0.4 is 0 Å². The number of nitrogens with zero attached hydrogens (tertiary/aromatic N) is 2. The molecule has 27 heavy (non-hydrogen) atoms. The van der Waals surface area contributed by atoms with E-state index in [9.17, 15) is 19.5 Å². The predicted molar refractivity (Wildman–Crippen MR) is 101 cm³/mol. The van der Waals surface area contributed by atoms with Crippen LogP contribution in [0.3, 0.4) is 0 Å². The molecule has 3 rings (SSSR count). The molecule has 6 heteroatoms. The number of benzene rings is 1. The second kappa shape index (κ2) is 8.55. The van der Waals surface area contributed by atoms with Crippen molar-refractivity contribution in [3.05, 3.63) is 35.9 Å². The van der Waals surface area contributed by atoms with E-state index < -0.39 is 11.9 Å². The number of likely N-dealkylation sites (tertiary alicyclic amines) is 1. The summed E-state index contributed by atoms with van der Waals surface area (Å²) in [7, 11) is 0. The SMILES string of the molecule is CC(CN(C(=O)C1CCCN(C(=O)Cc2ccccc2)C1)C1CC1)C(=O)O. The molecule has 1 saturated heterocycles. The predicted octanol–water partition coefficient (Wildman–Crippen LogP) is 2.18. The summed E-state index contributed by atoms with van der Waals surface area (Å²) >= 11 is 0. The molecule has 2 fully saturated rings. The van der Waals surface area contributed by atoms with Crippen molar-refractivity contribution in [1.82, 2.24) is 9.80 Å². The van der Waals surface area contributed by atoms with Gasteiger partial charge in [0.05, 0.1) is 18.3 Å². The van der Waals surface area contributed by atoms with Crippen LogP contribution in [0.5, 0.6) is 0 Å². The highest BCUT2D eigenvalue weighted by Gasteiger charge is 2.39. The Labute approximate surface area is 160 Å². The van der Waals surface area contributed by atoms with E-state index in [2.05, 4.69) is 0 Å². The van der Waals surface area contributed by atoms with Gasteiger partial charge in [0.15, 0.2) is 0 Å². The summed E-state index contributed by atoms with van der Waals surface area (Å²) in [5, 5.41) is 9.19. The van der Waals surface area contributed by atoms with Crippen LogP contribution in [-0.4, -0.2) is 58.4 Å². The Morgan fingerprint density at radius 1 is 1.19 bits per heavy atom. The number of carbonyl (C=O) groups is 3. The van der Waals surface area contributed by atoms with E-state index in [0.29, 0.717) is 19.5 Å². The summed E-state index contributed by atoms with van der Waals surface area (Å²) in [6.07, 6.45) is 3.82. The minimum atomic E-state index is -0.878. The number of carboxylic acid groups (broad SMARTS) is 1. The van der Waals surface area contributed by atoms with Gasteiger partial charge in [-0.2, -0.15) is 0 Å². The Hall–Kier alpha value is -2.37. The summed E-state index contributed by atoms with van der Waals surface area (Å²) in [5.41, 5.74) is 0.978. The molecular weight excluding hydrogens is 344 g/mol. The van der Waals surface area contributed by atoms with E-state index in [1.165, 1.54) is 0 Å². The van der Waals surface area contributed by atoms with Crippen LogP contribution in [0.2, 0.25) is 0 Å². The van der Waals surface area contributed by atoms with Gasteiger partial charge >= 0.3 is 5.97 Å². The summed E-state index contributed by atoms with van der Waals surface area (Å²) in [6, 6.07) is 9.81. The number of hydrogen-bond donors (Lipinski definition) is 1. The normalized spacial score (nSPS) is 20.8. The van der Waals surface area contributed by atoms with Crippen molar-refractivity contribution in [3.63, 3.8) is 0 Å². The lowest BCUT2D eigenvalue weighted by atomic mass is 9.95. The topological polar surface area (TPSA) is 77.9 Å². The molecule has 146 valence electrons. The first-order valence-corrected chi connectivity index (χ1v) is 9.80. The highest BCUT2D eigenvalue weighted by atomic mass is 16.4. The molecule has 2 atom stereocenters. The zero-order valence-corrected chi connectivity index (χ0v) is 15.8. The third-order valence-corrected chi connectivity index (χ3v) is 5.48. The van der Waals surface area contributed by atoms with Crippen LogP contribution in [0.15, 0.2) is 30.3 Å². The van der Waals surface area contributed by atoms with E-state index >= 15 is 0 Å². The number of aliphatic carboxylic acids is 1. The van der Waals surface area contributed by atoms with Gasteiger partial charge in [0.1, 0.15) is 0 Å². The van der Waals surface area contributed by atoms with E-state index in [-0.39, 0.29) is 30.3 Å². The number of hydrogen-bond acceptors (Lipinski definition) is 3. The van der Waals surface area contributed by atoms with Crippen molar-refractivity contribution in [2.45, 2.75) is 45.1 Å². The van der Waals surface area contributed by atoms with E-state index in [1.807, 2.05) is 30.3 Å². The fraction of sp³-hybridized carbons (Fsp3) is 0.571. The van der Waals surface area contributed by atoms with E-state index in [0.717, 1.165) is 31.2 Å². The first kappa shape index (κ1) is 19.4. The molecule has 0 spiro atoms. The number of carbonyl (C=O) groups excluding carboxylic acids is 2. The van der Waals surface area contributed by atoms with Crippen molar-refractivity contribution in [1.29, 1.82) is 0 Å². The van der Waals surface area contributed by atoms with Crippen molar-refractivity contribution in [2.75, 3.05) is 19.6 Å². The van der Waals surface area contributed by atoms with Gasteiger partial charge in [-0.3, -0.25) is 14.4 Å². The third-order valence-electron chi connectivity index (χ3n) is 5.48. The molecule has 0 radical (unpaired) electrons. The molecular formula is C21H28N2O4. The standard InChI is InChI=1S/C21H28N2O4/c1-15(21(26)27)13-23(18-9-10-18)20(25)17-8-5-11-22(14-17)19(24)12-16-6-3-2-4-7-16/h2-4,6-7,15,17-18H,5,8-14H2,1H3,(H,26,27). The average Bonchev–Trinajstić information content (AvgIpc) is 3.51. The maximum Gasteiger partial charge on any atom is 0.308 e. The molecule has 1 N–H and O–H groups in total. The maximum atomic E-state index is 13.1. The largest absolute Gasteiger partial charge is 0.481 e. The molecule has 1 saturated carbocycles. The highest BCUT2D eigenvalue weighted by Crippen LogP contribution is 2.31. The Bertz CT molecular complexity index is 687. The summed E-state index contributed by atoms with van der Waals surface area (Å²) in [4.78, 5) is 40.5. The molecule has 2 amide bonds. The first-order chi connectivity index (χ1) is 13.0. The minimum Gasteiger partial charge on any atom is -0.481 e. The lowest BCUT2D eigenvalue weighted by Gasteiger charge is -2.35. The fourth-order valence-electron chi connectivity index (χ4n) is 3.70. The molecule has 1 heterocycles. The Balaban J connectivity index is 1.61. The lowest BCUT2D eigenvalue weighted by Crippen LogP contribution is -2.49. The Morgan fingerprint density at radius 2 is 1.89 bits per heavy atom. The first-order valence-electron chi connectivity index (χ1n) is 9.80. The smallest absolute Gasteiger partial charge is 0.308 e. The molecule has 0 aromatic heterocycles.